The molecule has 0 bridgehead atoms. The zero-order chi connectivity index (χ0) is 20.6. The maximum atomic E-state index is 13.0. The first-order valence-corrected chi connectivity index (χ1v) is 8.57. The Hall–Kier alpha value is -2.82. The maximum absolute atomic E-state index is 13.0. The van der Waals surface area contributed by atoms with Gasteiger partial charge in [-0.05, 0) is 18.6 Å². The molecule has 0 unspecified atom stereocenters. The van der Waals surface area contributed by atoms with Crippen molar-refractivity contribution in [1.82, 2.24) is 14.1 Å². The molecule has 2 aromatic rings. The van der Waals surface area contributed by atoms with Gasteiger partial charge in [-0.3, -0.25) is 13.9 Å². The van der Waals surface area contributed by atoms with Crippen molar-refractivity contribution in [2.24, 2.45) is 14.1 Å². The van der Waals surface area contributed by atoms with Gasteiger partial charge in [0.2, 0.25) is 0 Å². The highest BCUT2D eigenvalue weighted by molar-refractivity contribution is 5.45. The molecule has 0 spiro atoms. The minimum absolute atomic E-state index is 0.0172. The molecule has 2 aromatic heterocycles. The van der Waals surface area contributed by atoms with Gasteiger partial charge in [0.1, 0.15) is 11.6 Å². The average Bonchev–Trinajstić information content (AvgIpc) is 3.10. The van der Waals surface area contributed by atoms with Gasteiger partial charge in [-0.25, -0.2) is 9.78 Å². The van der Waals surface area contributed by atoms with Crippen LogP contribution < -0.4 is 21.5 Å². The number of nitrogens with one attached hydrogen (secondary N) is 1. The van der Waals surface area contributed by atoms with Gasteiger partial charge >= 0.3 is 11.9 Å². The predicted octanol–water partition coefficient (Wildman–Crippen LogP) is 0.681. The van der Waals surface area contributed by atoms with Crippen LogP contribution in [0.15, 0.2) is 27.8 Å². The maximum Gasteiger partial charge on any atom is 0.416 e. The molecule has 0 aliphatic carbocycles. The highest BCUT2D eigenvalue weighted by Gasteiger charge is 2.32. The first-order valence-electron chi connectivity index (χ1n) is 8.57. The lowest BCUT2D eigenvalue weighted by Gasteiger charge is -2.22. The summed E-state index contributed by atoms with van der Waals surface area (Å²) >= 11 is 0. The molecule has 3 heterocycles. The third-order valence-electron chi connectivity index (χ3n) is 4.73. The molecule has 3 rings (SSSR count). The lowest BCUT2D eigenvalue weighted by Crippen LogP contribution is -2.40. The van der Waals surface area contributed by atoms with Crippen LogP contribution >= 0.6 is 0 Å². The fourth-order valence-electron chi connectivity index (χ4n) is 3.23. The summed E-state index contributed by atoms with van der Waals surface area (Å²) in [5.41, 5.74) is -1.85. The van der Waals surface area contributed by atoms with Crippen LogP contribution in [0.5, 0.6) is 0 Å². The Morgan fingerprint density at radius 2 is 1.93 bits per heavy atom. The highest BCUT2D eigenvalue weighted by Crippen LogP contribution is 2.31. The van der Waals surface area contributed by atoms with E-state index in [9.17, 15) is 27.9 Å². The first kappa shape index (κ1) is 19.9. The Morgan fingerprint density at radius 1 is 1.21 bits per heavy atom. The quantitative estimate of drug-likeness (QED) is 0.786. The van der Waals surface area contributed by atoms with E-state index in [0.29, 0.717) is 25.3 Å². The number of rotatable bonds is 4. The number of pyridine rings is 1. The van der Waals surface area contributed by atoms with Crippen LogP contribution in [0.4, 0.5) is 24.8 Å². The Bertz CT molecular complexity index is 999. The van der Waals surface area contributed by atoms with Crippen molar-refractivity contribution < 1.29 is 18.3 Å². The number of alkyl halides is 3. The van der Waals surface area contributed by atoms with Crippen LogP contribution in [0.2, 0.25) is 0 Å². The summed E-state index contributed by atoms with van der Waals surface area (Å²) < 4.78 is 41.4. The van der Waals surface area contributed by atoms with Gasteiger partial charge in [-0.2, -0.15) is 13.2 Å². The zero-order valence-electron chi connectivity index (χ0n) is 15.3. The average molecular weight is 399 g/mol. The van der Waals surface area contributed by atoms with Crippen LogP contribution in [-0.2, 0) is 26.9 Å². The molecule has 0 radical (unpaired) electrons. The predicted molar refractivity (Wildman–Crippen MR) is 96.3 cm³/mol. The normalized spacial score (nSPS) is 17.2. The standard InChI is InChI=1S/C17H20F3N5O3/c1-23-14(7-15(27)24(2)16(23)28)25-4-3-11(8-25)21-13-6-10(17(18,19)20)5-12(9-26)22-13/h5-7,11,26H,3-4,8-9H2,1-2H3,(H,21,22)/t11-/m1/s1. The highest BCUT2D eigenvalue weighted by atomic mass is 19.4. The molecule has 28 heavy (non-hydrogen) atoms. The minimum Gasteiger partial charge on any atom is -0.390 e. The first-order chi connectivity index (χ1) is 13.1. The number of nitrogens with zero attached hydrogens (tertiary/aromatic N) is 4. The summed E-state index contributed by atoms with van der Waals surface area (Å²) in [6, 6.07) is 2.83. The van der Waals surface area contributed by atoms with Crippen molar-refractivity contribution in [1.29, 1.82) is 0 Å². The van der Waals surface area contributed by atoms with Crippen molar-refractivity contribution in [2.75, 3.05) is 23.3 Å². The van der Waals surface area contributed by atoms with Crippen molar-refractivity contribution in [3.05, 3.63) is 50.3 Å². The number of anilines is 2. The lowest BCUT2D eigenvalue weighted by atomic mass is 10.2. The number of hydrogen-bond donors (Lipinski definition) is 2. The smallest absolute Gasteiger partial charge is 0.390 e. The fourth-order valence-corrected chi connectivity index (χ4v) is 3.23. The van der Waals surface area contributed by atoms with Crippen molar-refractivity contribution in [3.63, 3.8) is 0 Å². The van der Waals surface area contributed by atoms with Crippen LogP contribution in [0.1, 0.15) is 17.7 Å². The van der Waals surface area contributed by atoms with E-state index in [1.165, 1.54) is 17.7 Å². The monoisotopic (exact) mass is 399 g/mol. The van der Waals surface area contributed by atoms with Crippen molar-refractivity contribution >= 4 is 11.6 Å². The third-order valence-corrected chi connectivity index (χ3v) is 4.73. The molecular formula is C17H20F3N5O3. The van der Waals surface area contributed by atoms with Gasteiger partial charge in [-0.15, -0.1) is 0 Å². The van der Waals surface area contributed by atoms with E-state index in [-0.39, 0.29) is 17.6 Å². The summed E-state index contributed by atoms with van der Waals surface area (Å²) in [6.45, 7) is 0.293. The molecule has 152 valence electrons. The molecule has 2 N–H and O–H groups in total. The van der Waals surface area contributed by atoms with E-state index in [1.54, 1.807) is 7.05 Å². The number of hydrogen-bond acceptors (Lipinski definition) is 6. The number of aromatic nitrogens is 3. The summed E-state index contributed by atoms with van der Waals surface area (Å²) in [5, 5.41) is 12.1. The number of halogens is 3. The molecule has 1 atom stereocenters. The zero-order valence-corrected chi connectivity index (χ0v) is 15.3. The molecule has 1 aliphatic rings. The molecule has 1 aliphatic heterocycles. The minimum atomic E-state index is -4.55. The molecular weight excluding hydrogens is 379 g/mol. The molecule has 1 fully saturated rings. The van der Waals surface area contributed by atoms with Crippen molar-refractivity contribution in [3.8, 4) is 0 Å². The second-order valence-corrected chi connectivity index (χ2v) is 6.71. The Labute approximate surface area is 157 Å². The topological polar surface area (TPSA) is 92.4 Å². The van der Waals surface area contributed by atoms with Gasteiger partial charge in [-0.1, -0.05) is 0 Å². The van der Waals surface area contributed by atoms with E-state index < -0.39 is 29.6 Å². The number of aliphatic hydroxyl groups excluding tert-OH is 1. The van der Waals surface area contributed by atoms with Crippen LogP contribution in [0.3, 0.4) is 0 Å². The van der Waals surface area contributed by atoms with Gasteiger partial charge < -0.3 is 15.3 Å². The van der Waals surface area contributed by atoms with E-state index >= 15 is 0 Å². The third kappa shape index (κ3) is 3.88. The Balaban J connectivity index is 1.81. The molecule has 11 heteroatoms. The lowest BCUT2D eigenvalue weighted by molar-refractivity contribution is -0.137. The largest absolute Gasteiger partial charge is 0.416 e. The molecule has 0 saturated carbocycles. The molecule has 0 aromatic carbocycles. The molecule has 8 nitrogen and oxygen atoms in total. The molecule has 0 amide bonds. The van der Waals surface area contributed by atoms with E-state index in [1.807, 2.05) is 4.90 Å². The Morgan fingerprint density at radius 3 is 2.57 bits per heavy atom. The Kier molecular flexibility index (Phi) is 5.20. The van der Waals surface area contributed by atoms with Crippen LogP contribution in [0, 0.1) is 0 Å². The van der Waals surface area contributed by atoms with Crippen LogP contribution in [-0.4, -0.2) is 38.4 Å². The number of aliphatic hydroxyl groups is 1. The summed E-state index contributed by atoms with van der Waals surface area (Å²) in [4.78, 5) is 29.8. The van der Waals surface area contributed by atoms with Gasteiger partial charge in [0, 0.05) is 39.3 Å². The SMILES string of the molecule is Cn1c(N2CC[C@@H](Nc3cc(C(F)(F)F)cc(CO)n3)C2)cc(=O)n(C)c1=O. The summed E-state index contributed by atoms with van der Waals surface area (Å²) in [6.07, 6.45) is -3.97. The van der Waals surface area contributed by atoms with Gasteiger partial charge in [0.25, 0.3) is 5.56 Å². The van der Waals surface area contributed by atoms with Crippen molar-refractivity contribution in [2.45, 2.75) is 25.2 Å². The summed E-state index contributed by atoms with van der Waals surface area (Å²) in [7, 11) is 2.95. The second-order valence-electron chi connectivity index (χ2n) is 6.71. The second kappa shape index (κ2) is 7.30. The van der Waals surface area contributed by atoms with E-state index in [0.717, 1.165) is 16.7 Å². The van der Waals surface area contributed by atoms with Crippen LogP contribution in [0.25, 0.3) is 0 Å². The van der Waals surface area contributed by atoms with Gasteiger partial charge in [0.15, 0.2) is 0 Å². The van der Waals surface area contributed by atoms with E-state index in [4.69, 9.17) is 0 Å². The van der Waals surface area contributed by atoms with E-state index in [2.05, 4.69) is 10.3 Å². The molecule has 1 saturated heterocycles. The summed E-state index contributed by atoms with van der Waals surface area (Å²) in [5.74, 6) is 0.467. The van der Waals surface area contributed by atoms with Gasteiger partial charge in [0.05, 0.1) is 17.9 Å². The fraction of sp³-hybridized carbons (Fsp3) is 0.471.